The van der Waals surface area contributed by atoms with Crippen LogP contribution in [0.25, 0.3) is 0 Å². The lowest BCUT2D eigenvalue weighted by atomic mass is 10.1. The lowest BCUT2D eigenvalue weighted by Crippen LogP contribution is -2.13. The molecule has 0 fully saturated rings. The van der Waals surface area contributed by atoms with Crippen molar-refractivity contribution in [1.29, 1.82) is 0 Å². The molecule has 6 heteroatoms. The van der Waals surface area contributed by atoms with Crippen molar-refractivity contribution in [3.05, 3.63) is 33.4 Å². The first-order chi connectivity index (χ1) is 9.06. The van der Waals surface area contributed by atoms with Crippen molar-refractivity contribution >= 4 is 11.4 Å². The van der Waals surface area contributed by atoms with Gasteiger partial charge in [0, 0.05) is 19.7 Å². The summed E-state index contributed by atoms with van der Waals surface area (Å²) in [5.41, 5.74) is 2.56. The van der Waals surface area contributed by atoms with Crippen LogP contribution in [0.2, 0.25) is 0 Å². The number of nitro benzene ring substituents is 1. The molecule has 1 N–H and O–H groups in total. The number of nitrogens with one attached hydrogen (secondary N) is 1. The van der Waals surface area contributed by atoms with Crippen molar-refractivity contribution in [3.63, 3.8) is 0 Å². The first kappa shape index (κ1) is 15.4. The number of anilines is 1. The van der Waals surface area contributed by atoms with E-state index in [-0.39, 0.29) is 10.6 Å². The normalized spacial score (nSPS) is 10.5. The fourth-order valence-electron chi connectivity index (χ4n) is 1.60. The van der Waals surface area contributed by atoms with E-state index in [4.69, 9.17) is 9.47 Å². The van der Waals surface area contributed by atoms with Crippen LogP contribution in [-0.2, 0) is 9.47 Å². The summed E-state index contributed by atoms with van der Waals surface area (Å²) in [7, 11) is 1.61. The van der Waals surface area contributed by atoms with E-state index in [9.17, 15) is 10.1 Å². The number of ether oxygens (including phenoxy) is 2. The third kappa shape index (κ3) is 4.84. The average Bonchev–Trinajstić information content (AvgIpc) is 2.37. The third-order valence-electron chi connectivity index (χ3n) is 2.80. The fourth-order valence-corrected chi connectivity index (χ4v) is 1.60. The Hall–Kier alpha value is -1.66. The Morgan fingerprint density at radius 2 is 1.89 bits per heavy atom. The third-order valence-corrected chi connectivity index (χ3v) is 2.80. The lowest BCUT2D eigenvalue weighted by Gasteiger charge is -2.10. The number of rotatable bonds is 8. The Bertz CT molecular complexity index is 435. The molecule has 0 saturated heterocycles. The molecule has 0 spiro atoms. The molecule has 0 atom stereocenters. The van der Waals surface area contributed by atoms with Gasteiger partial charge in [0.25, 0.3) is 5.69 Å². The van der Waals surface area contributed by atoms with Gasteiger partial charge in [-0.2, -0.15) is 0 Å². The van der Waals surface area contributed by atoms with Crippen LogP contribution in [0.4, 0.5) is 11.4 Å². The van der Waals surface area contributed by atoms with Crippen LogP contribution < -0.4 is 5.32 Å². The molecule has 0 aromatic heterocycles. The van der Waals surface area contributed by atoms with Crippen LogP contribution >= 0.6 is 0 Å². The number of benzene rings is 1. The Kier molecular flexibility index (Phi) is 6.24. The molecule has 0 unspecified atom stereocenters. The molecule has 0 heterocycles. The van der Waals surface area contributed by atoms with Gasteiger partial charge >= 0.3 is 0 Å². The molecule has 0 aliphatic heterocycles. The van der Waals surface area contributed by atoms with Gasteiger partial charge in [0.2, 0.25) is 0 Å². The molecule has 0 aliphatic carbocycles. The summed E-state index contributed by atoms with van der Waals surface area (Å²) in [4.78, 5) is 10.6. The zero-order valence-electron chi connectivity index (χ0n) is 11.6. The van der Waals surface area contributed by atoms with Crippen molar-refractivity contribution in [3.8, 4) is 0 Å². The lowest BCUT2D eigenvalue weighted by molar-refractivity contribution is -0.384. The second-order valence-electron chi connectivity index (χ2n) is 4.24. The minimum atomic E-state index is -0.374. The maximum Gasteiger partial charge on any atom is 0.292 e. The minimum absolute atomic E-state index is 0.0972. The minimum Gasteiger partial charge on any atom is -0.382 e. The maximum atomic E-state index is 11.0. The van der Waals surface area contributed by atoms with Crippen molar-refractivity contribution in [2.75, 3.05) is 38.8 Å². The van der Waals surface area contributed by atoms with Gasteiger partial charge in [-0.15, -0.1) is 0 Å². The van der Waals surface area contributed by atoms with Crippen LogP contribution in [-0.4, -0.2) is 38.4 Å². The number of hydrogen-bond donors (Lipinski definition) is 1. The van der Waals surface area contributed by atoms with E-state index in [0.29, 0.717) is 32.1 Å². The van der Waals surface area contributed by atoms with E-state index < -0.39 is 0 Å². The highest BCUT2D eigenvalue weighted by molar-refractivity contribution is 5.64. The van der Waals surface area contributed by atoms with Gasteiger partial charge in [0.05, 0.1) is 24.7 Å². The Labute approximate surface area is 112 Å². The average molecular weight is 268 g/mol. The van der Waals surface area contributed by atoms with Crippen molar-refractivity contribution in [2.24, 2.45) is 0 Å². The summed E-state index contributed by atoms with van der Waals surface area (Å²) in [5, 5.41) is 14.0. The second-order valence-corrected chi connectivity index (χ2v) is 4.24. The van der Waals surface area contributed by atoms with E-state index in [1.807, 2.05) is 13.8 Å². The van der Waals surface area contributed by atoms with E-state index in [0.717, 1.165) is 11.1 Å². The van der Waals surface area contributed by atoms with E-state index in [1.165, 1.54) is 0 Å². The Balaban J connectivity index is 2.57. The highest BCUT2D eigenvalue weighted by Crippen LogP contribution is 2.27. The number of hydrogen-bond acceptors (Lipinski definition) is 5. The molecule has 0 amide bonds. The van der Waals surface area contributed by atoms with Crippen LogP contribution in [0.5, 0.6) is 0 Å². The highest BCUT2D eigenvalue weighted by Gasteiger charge is 2.14. The monoisotopic (exact) mass is 268 g/mol. The number of methoxy groups -OCH3 is 1. The van der Waals surface area contributed by atoms with Gasteiger partial charge < -0.3 is 14.8 Å². The fraction of sp³-hybridized carbons (Fsp3) is 0.538. The molecule has 19 heavy (non-hydrogen) atoms. The van der Waals surface area contributed by atoms with Crippen LogP contribution in [0, 0.1) is 24.0 Å². The van der Waals surface area contributed by atoms with Gasteiger partial charge in [-0.05, 0) is 31.0 Å². The number of aryl methyl sites for hydroxylation is 2. The van der Waals surface area contributed by atoms with E-state index >= 15 is 0 Å². The van der Waals surface area contributed by atoms with Gasteiger partial charge in [0.1, 0.15) is 5.69 Å². The quantitative estimate of drug-likeness (QED) is 0.445. The zero-order chi connectivity index (χ0) is 14.3. The maximum absolute atomic E-state index is 11.0. The standard InChI is InChI=1S/C13H20N2O4/c1-10-8-12(13(15(16)17)9-11(10)2)14-4-5-19-7-6-18-3/h8-9,14H,4-7H2,1-3H3. The topological polar surface area (TPSA) is 73.6 Å². The SMILES string of the molecule is COCCOCCNc1cc(C)c(C)cc1[N+](=O)[O-]. The molecule has 1 rings (SSSR count). The van der Waals surface area contributed by atoms with Crippen LogP contribution in [0.3, 0.4) is 0 Å². The number of nitro groups is 1. The van der Waals surface area contributed by atoms with Crippen LogP contribution in [0.15, 0.2) is 12.1 Å². The largest absolute Gasteiger partial charge is 0.382 e. The first-order valence-corrected chi connectivity index (χ1v) is 6.12. The van der Waals surface area contributed by atoms with Gasteiger partial charge in [-0.3, -0.25) is 10.1 Å². The van der Waals surface area contributed by atoms with E-state index in [2.05, 4.69) is 5.32 Å². The first-order valence-electron chi connectivity index (χ1n) is 6.12. The summed E-state index contributed by atoms with van der Waals surface area (Å²) in [6.07, 6.45) is 0. The Morgan fingerprint density at radius 3 is 2.53 bits per heavy atom. The summed E-state index contributed by atoms with van der Waals surface area (Å²) in [5.74, 6) is 0. The van der Waals surface area contributed by atoms with Gasteiger partial charge in [-0.1, -0.05) is 0 Å². The molecule has 6 nitrogen and oxygen atoms in total. The molecular formula is C13H20N2O4. The van der Waals surface area contributed by atoms with Crippen molar-refractivity contribution in [1.82, 2.24) is 0 Å². The molecule has 1 aromatic carbocycles. The molecule has 0 aliphatic rings. The summed E-state index contributed by atoms with van der Waals surface area (Å²) in [6.45, 7) is 5.86. The molecule has 0 saturated carbocycles. The molecule has 0 radical (unpaired) electrons. The predicted octanol–water partition coefficient (Wildman–Crippen LogP) is 2.29. The van der Waals surface area contributed by atoms with Crippen molar-refractivity contribution < 1.29 is 14.4 Å². The summed E-state index contributed by atoms with van der Waals surface area (Å²) in [6, 6.07) is 3.38. The molecular weight excluding hydrogens is 248 g/mol. The second kappa shape index (κ2) is 7.70. The molecule has 106 valence electrons. The van der Waals surface area contributed by atoms with Gasteiger partial charge in [-0.25, -0.2) is 0 Å². The molecule has 0 bridgehead atoms. The predicted molar refractivity (Wildman–Crippen MR) is 73.8 cm³/mol. The van der Waals surface area contributed by atoms with Gasteiger partial charge in [0.15, 0.2) is 0 Å². The molecule has 1 aromatic rings. The Morgan fingerprint density at radius 1 is 1.21 bits per heavy atom. The zero-order valence-corrected chi connectivity index (χ0v) is 11.6. The van der Waals surface area contributed by atoms with Crippen LogP contribution in [0.1, 0.15) is 11.1 Å². The summed E-state index contributed by atoms with van der Waals surface area (Å²) >= 11 is 0. The highest BCUT2D eigenvalue weighted by atomic mass is 16.6. The number of nitrogens with zero attached hydrogens (tertiary/aromatic N) is 1. The van der Waals surface area contributed by atoms with E-state index in [1.54, 1.807) is 19.2 Å². The summed E-state index contributed by atoms with van der Waals surface area (Å²) < 4.78 is 10.1. The van der Waals surface area contributed by atoms with Crippen molar-refractivity contribution in [2.45, 2.75) is 13.8 Å². The smallest absolute Gasteiger partial charge is 0.292 e.